The molecular weight excluding hydrogens is 366 g/mol. The fourth-order valence-electron chi connectivity index (χ4n) is 3.00. The number of hydrogen-bond donors (Lipinski definition) is 3. The minimum Gasteiger partial charge on any atom is -0.394 e. The van der Waals surface area contributed by atoms with Crippen molar-refractivity contribution in [3.05, 3.63) is 68.5 Å². The number of aromatic nitrogens is 2. The molecule has 0 bridgehead atoms. The number of rotatable bonds is 5. The molecule has 8 nitrogen and oxygen atoms in total. The van der Waals surface area contributed by atoms with E-state index in [1.165, 1.54) is 6.07 Å². The Balaban J connectivity index is 1.88. The highest BCUT2D eigenvalue weighted by molar-refractivity contribution is 5.18. The first kappa shape index (κ1) is 19.4. The number of halogens is 2. The van der Waals surface area contributed by atoms with Crippen LogP contribution in [-0.4, -0.2) is 49.4 Å². The zero-order chi connectivity index (χ0) is 19.7. The van der Waals surface area contributed by atoms with Crippen LogP contribution in [0.15, 0.2) is 40.1 Å². The molecule has 27 heavy (non-hydrogen) atoms. The van der Waals surface area contributed by atoms with E-state index < -0.39 is 54.0 Å². The quantitative estimate of drug-likeness (QED) is 0.618. The summed E-state index contributed by atoms with van der Waals surface area (Å²) in [4.78, 5) is 24.7. The number of aliphatic hydroxyl groups excluding tert-OH is 3. The lowest BCUT2D eigenvalue weighted by Crippen LogP contribution is -2.43. The first-order valence-electron chi connectivity index (χ1n) is 8.22. The van der Waals surface area contributed by atoms with Crippen molar-refractivity contribution in [2.45, 2.75) is 37.5 Å². The van der Waals surface area contributed by atoms with Gasteiger partial charge in [0.05, 0.1) is 6.61 Å². The topological polar surface area (TPSA) is 114 Å². The highest BCUT2D eigenvalue weighted by atomic mass is 19.1. The van der Waals surface area contributed by atoms with Crippen molar-refractivity contribution >= 4 is 0 Å². The summed E-state index contributed by atoms with van der Waals surface area (Å²) in [6, 6.07) is 4.07. The van der Waals surface area contributed by atoms with Crippen LogP contribution in [0, 0.1) is 11.6 Å². The third kappa shape index (κ3) is 3.69. The minimum atomic E-state index is -1.49. The third-order valence-electron chi connectivity index (χ3n) is 4.51. The molecule has 1 aromatic heterocycles. The molecule has 3 N–H and O–H groups in total. The molecule has 0 radical (unpaired) electrons. The Kier molecular flexibility index (Phi) is 5.51. The zero-order valence-corrected chi connectivity index (χ0v) is 14.0. The molecule has 0 aliphatic carbocycles. The summed E-state index contributed by atoms with van der Waals surface area (Å²) in [5, 5.41) is 29.0. The largest absolute Gasteiger partial charge is 0.394 e. The summed E-state index contributed by atoms with van der Waals surface area (Å²) < 4.78 is 33.7. The molecule has 1 aromatic carbocycles. The van der Waals surface area contributed by atoms with Gasteiger partial charge in [0.2, 0.25) is 0 Å². The molecule has 1 saturated heterocycles. The van der Waals surface area contributed by atoms with E-state index >= 15 is 0 Å². The summed E-state index contributed by atoms with van der Waals surface area (Å²) in [5.74, 6) is -1.53. The van der Waals surface area contributed by atoms with E-state index in [2.05, 4.69) is 0 Å². The SMILES string of the molecule is O=c1ccn([C@@H]2O[C@H](CO)[C@H](O)[C@@H]2O)c(=O)n1CCc1ccc(F)cc1F. The Morgan fingerprint density at radius 3 is 2.48 bits per heavy atom. The van der Waals surface area contributed by atoms with Gasteiger partial charge in [0.15, 0.2) is 6.23 Å². The van der Waals surface area contributed by atoms with Crippen LogP contribution in [0.25, 0.3) is 0 Å². The van der Waals surface area contributed by atoms with Gasteiger partial charge in [-0.2, -0.15) is 0 Å². The Labute approximate surface area is 151 Å². The predicted molar refractivity (Wildman–Crippen MR) is 88.0 cm³/mol. The number of ether oxygens (including phenoxy) is 1. The van der Waals surface area contributed by atoms with Gasteiger partial charge in [0, 0.05) is 24.9 Å². The zero-order valence-electron chi connectivity index (χ0n) is 14.0. The number of benzene rings is 1. The average Bonchev–Trinajstić information content (AvgIpc) is 2.91. The molecule has 10 heteroatoms. The van der Waals surface area contributed by atoms with Crippen molar-refractivity contribution in [2.75, 3.05) is 6.61 Å². The van der Waals surface area contributed by atoms with Gasteiger partial charge in [-0.3, -0.25) is 13.9 Å². The molecule has 1 fully saturated rings. The maximum absolute atomic E-state index is 13.7. The summed E-state index contributed by atoms with van der Waals surface area (Å²) in [6.07, 6.45) is -4.19. The molecule has 4 atom stereocenters. The fraction of sp³-hybridized carbons (Fsp3) is 0.412. The molecule has 0 unspecified atom stereocenters. The summed E-state index contributed by atoms with van der Waals surface area (Å²) >= 11 is 0. The van der Waals surface area contributed by atoms with E-state index in [1.807, 2.05) is 0 Å². The van der Waals surface area contributed by atoms with E-state index in [1.54, 1.807) is 0 Å². The number of aliphatic hydroxyl groups is 3. The van der Waals surface area contributed by atoms with Gasteiger partial charge in [-0.05, 0) is 18.1 Å². The van der Waals surface area contributed by atoms with Crippen molar-refractivity contribution in [1.82, 2.24) is 9.13 Å². The first-order valence-corrected chi connectivity index (χ1v) is 8.22. The molecule has 146 valence electrons. The lowest BCUT2D eigenvalue weighted by molar-refractivity contribution is -0.0556. The van der Waals surface area contributed by atoms with E-state index in [4.69, 9.17) is 9.84 Å². The summed E-state index contributed by atoms with van der Waals surface area (Å²) in [7, 11) is 0. The van der Waals surface area contributed by atoms with Gasteiger partial charge in [-0.25, -0.2) is 13.6 Å². The first-order chi connectivity index (χ1) is 12.8. The van der Waals surface area contributed by atoms with Gasteiger partial charge in [0.1, 0.15) is 29.9 Å². The van der Waals surface area contributed by atoms with Crippen LogP contribution in [0.3, 0.4) is 0 Å². The van der Waals surface area contributed by atoms with Crippen LogP contribution >= 0.6 is 0 Å². The molecule has 1 aliphatic heterocycles. The molecule has 3 rings (SSSR count). The van der Waals surface area contributed by atoms with E-state index in [-0.39, 0.29) is 18.5 Å². The second-order valence-corrected chi connectivity index (χ2v) is 6.21. The van der Waals surface area contributed by atoms with Crippen molar-refractivity contribution in [3.63, 3.8) is 0 Å². The highest BCUT2D eigenvalue weighted by Crippen LogP contribution is 2.27. The van der Waals surface area contributed by atoms with Crippen molar-refractivity contribution in [3.8, 4) is 0 Å². The van der Waals surface area contributed by atoms with Crippen LogP contribution in [0.4, 0.5) is 8.78 Å². The number of aryl methyl sites for hydroxylation is 1. The number of nitrogens with zero attached hydrogens (tertiary/aromatic N) is 2. The smallest absolute Gasteiger partial charge is 0.333 e. The molecule has 2 aromatic rings. The molecule has 2 heterocycles. The van der Waals surface area contributed by atoms with E-state index in [9.17, 15) is 28.6 Å². The van der Waals surface area contributed by atoms with Gasteiger partial charge in [0.25, 0.3) is 5.56 Å². The van der Waals surface area contributed by atoms with Gasteiger partial charge in [-0.1, -0.05) is 6.07 Å². The molecule has 1 aliphatic rings. The number of hydrogen-bond acceptors (Lipinski definition) is 6. The Bertz CT molecular complexity index is 944. The maximum Gasteiger partial charge on any atom is 0.333 e. The monoisotopic (exact) mass is 384 g/mol. The van der Waals surface area contributed by atoms with Gasteiger partial charge >= 0.3 is 5.69 Å². The van der Waals surface area contributed by atoms with Crippen molar-refractivity contribution < 1.29 is 28.8 Å². The van der Waals surface area contributed by atoms with E-state index in [0.717, 1.165) is 27.5 Å². The van der Waals surface area contributed by atoms with Crippen LogP contribution in [0.1, 0.15) is 11.8 Å². The van der Waals surface area contributed by atoms with E-state index in [0.29, 0.717) is 6.07 Å². The highest BCUT2D eigenvalue weighted by Gasteiger charge is 2.43. The maximum atomic E-state index is 13.7. The fourth-order valence-corrected chi connectivity index (χ4v) is 3.00. The average molecular weight is 384 g/mol. The summed E-state index contributed by atoms with van der Waals surface area (Å²) in [6.45, 7) is -0.747. The Hall–Kier alpha value is -2.40. The minimum absolute atomic E-state index is 0.0404. The van der Waals surface area contributed by atoms with Crippen LogP contribution < -0.4 is 11.2 Å². The molecular formula is C17H18F2N2O6. The third-order valence-corrected chi connectivity index (χ3v) is 4.51. The predicted octanol–water partition coefficient (Wildman–Crippen LogP) is -0.858. The molecule has 0 amide bonds. The molecule has 0 saturated carbocycles. The van der Waals surface area contributed by atoms with Crippen molar-refractivity contribution in [2.24, 2.45) is 0 Å². The van der Waals surface area contributed by atoms with Crippen molar-refractivity contribution in [1.29, 1.82) is 0 Å². The van der Waals surface area contributed by atoms with Crippen LogP contribution in [-0.2, 0) is 17.7 Å². The lowest BCUT2D eigenvalue weighted by Gasteiger charge is -2.18. The Morgan fingerprint density at radius 2 is 1.85 bits per heavy atom. The van der Waals surface area contributed by atoms with Gasteiger partial charge in [-0.15, -0.1) is 0 Å². The normalized spacial score (nSPS) is 25.1. The molecule has 0 spiro atoms. The second kappa shape index (κ2) is 7.69. The lowest BCUT2D eigenvalue weighted by atomic mass is 10.1. The van der Waals surface area contributed by atoms with Crippen LogP contribution in [0.2, 0.25) is 0 Å². The summed E-state index contributed by atoms with van der Waals surface area (Å²) in [5.41, 5.74) is -1.35. The second-order valence-electron chi connectivity index (χ2n) is 6.21. The standard InChI is InChI=1S/C17H18F2N2O6/c18-10-2-1-9(11(19)7-10)3-5-20-13(23)4-6-21(17(20)26)16-15(25)14(24)12(8-22)27-16/h1-2,4,6-7,12,14-16,22,24-25H,3,5,8H2/t12-,14+,15+,16-/m1/s1. The Morgan fingerprint density at radius 1 is 1.11 bits per heavy atom. The van der Waals surface area contributed by atoms with Gasteiger partial charge < -0.3 is 20.1 Å². The van der Waals surface area contributed by atoms with Crippen LogP contribution in [0.5, 0.6) is 0 Å².